The number of aliphatic hydroxyl groups is 1. The average Bonchev–Trinajstić information content (AvgIpc) is 3.51. The minimum Gasteiger partial charge on any atom is -0.494 e. The van der Waals surface area contributed by atoms with Gasteiger partial charge in [0.15, 0.2) is 5.82 Å². The summed E-state index contributed by atoms with van der Waals surface area (Å²) < 4.78 is 5.31. The largest absolute Gasteiger partial charge is 0.494 e. The Kier molecular flexibility index (Phi) is 5.46. The smallest absolute Gasteiger partial charge is 0.202 e. The van der Waals surface area contributed by atoms with Crippen molar-refractivity contribution >= 4 is 17.2 Å². The van der Waals surface area contributed by atoms with Crippen LogP contribution >= 0.6 is 0 Å². The normalized spacial score (nSPS) is 12.4. The van der Waals surface area contributed by atoms with E-state index in [1.54, 1.807) is 47.0 Å². The lowest BCUT2D eigenvalue weighted by atomic mass is 10.1. The minimum atomic E-state index is 0.0249. The van der Waals surface area contributed by atoms with Crippen molar-refractivity contribution in [2.75, 3.05) is 11.9 Å². The van der Waals surface area contributed by atoms with Gasteiger partial charge in [-0.3, -0.25) is 9.08 Å². The topological polar surface area (TPSA) is 131 Å². The van der Waals surface area contributed by atoms with Gasteiger partial charge < -0.3 is 20.1 Å². The van der Waals surface area contributed by atoms with Crippen LogP contribution in [0.3, 0.4) is 0 Å². The highest BCUT2D eigenvalue weighted by atomic mass is 16.3. The second kappa shape index (κ2) is 8.60. The van der Waals surface area contributed by atoms with Crippen LogP contribution in [-0.4, -0.2) is 55.5 Å². The SMILES string of the molecule is C[C@@H](CCO)c1nc(-c2ccn(C)n2)c2cnc(Nc3ccnc(-c4ccn(C)c4O)n3)cn12. The van der Waals surface area contributed by atoms with Crippen molar-refractivity contribution in [2.24, 2.45) is 14.1 Å². The predicted octanol–water partition coefficient (Wildman–Crippen LogP) is 2.86. The Labute approximate surface area is 195 Å². The molecule has 5 aromatic heterocycles. The molecular weight excluding hydrogens is 434 g/mol. The third kappa shape index (κ3) is 3.86. The predicted molar refractivity (Wildman–Crippen MR) is 127 cm³/mol. The van der Waals surface area contributed by atoms with E-state index in [1.165, 1.54) is 0 Å². The zero-order chi connectivity index (χ0) is 23.8. The highest BCUT2D eigenvalue weighted by Gasteiger charge is 2.20. The summed E-state index contributed by atoms with van der Waals surface area (Å²) in [5.74, 6) is 2.44. The zero-order valence-electron chi connectivity index (χ0n) is 19.1. The summed E-state index contributed by atoms with van der Waals surface area (Å²) in [5.41, 5.74) is 2.86. The van der Waals surface area contributed by atoms with Crippen molar-refractivity contribution < 1.29 is 10.2 Å². The average molecular weight is 460 g/mol. The molecule has 34 heavy (non-hydrogen) atoms. The Morgan fingerprint density at radius 1 is 1.06 bits per heavy atom. The van der Waals surface area contributed by atoms with Crippen molar-refractivity contribution in [3.8, 4) is 28.7 Å². The molecular formula is C23H25N9O2. The highest BCUT2D eigenvalue weighted by Crippen LogP contribution is 2.30. The van der Waals surface area contributed by atoms with Gasteiger partial charge in [0.1, 0.15) is 28.8 Å². The number of aryl methyl sites for hydroxylation is 2. The van der Waals surface area contributed by atoms with E-state index in [0.29, 0.717) is 29.4 Å². The van der Waals surface area contributed by atoms with E-state index >= 15 is 0 Å². The first-order chi connectivity index (χ1) is 16.4. The molecule has 0 fully saturated rings. The second-order valence-electron chi connectivity index (χ2n) is 8.19. The molecule has 0 bridgehead atoms. The lowest BCUT2D eigenvalue weighted by Gasteiger charge is -2.10. The Balaban J connectivity index is 1.53. The molecule has 0 aliphatic carbocycles. The van der Waals surface area contributed by atoms with Gasteiger partial charge in [0, 0.05) is 45.2 Å². The maximum absolute atomic E-state index is 10.2. The molecule has 0 saturated heterocycles. The fourth-order valence-electron chi connectivity index (χ4n) is 3.86. The summed E-state index contributed by atoms with van der Waals surface area (Å²) in [6, 6.07) is 5.41. The summed E-state index contributed by atoms with van der Waals surface area (Å²) >= 11 is 0. The van der Waals surface area contributed by atoms with Gasteiger partial charge in [-0.2, -0.15) is 5.10 Å². The summed E-state index contributed by atoms with van der Waals surface area (Å²) in [4.78, 5) is 18.2. The maximum Gasteiger partial charge on any atom is 0.202 e. The van der Waals surface area contributed by atoms with Crippen LogP contribution in [0, 0.1) is 0 Å². The van der Waals surface area contributed by atoms with Gasteiger partial charge in [0.2, 0.25) is 5.88 Å². The Morgan fingerprint density at radius 2 is 1.91 bits per heavy atom. The van der Waals surface area contributed by atoms with Crippen LogP contribution in [0.1, 0.15) is 25.1 Å². The van der Waals surface area contributed by atoms with Crippen LogP contribution in [0.2, 0.25) is 0 Å². The summed E-state index contributed by atoms with van der Waals surface area (Å²) in [6.07, 6.45) is 9.44. The highest BCUT2D eigenvalue weighted by molar-refractivity contribution is 5.75. The molecule has 0 saturated carbocycles. The first kappa shape index (κ1) is 21.6. The Bertz CT molecular complexity index is 1470. The Morgan fingerprint density at radius 3 is 2.62 bits per heavy atom. The van der Waals surface area contributed by atoms with Gasteiger partial charge in [-0.05, 0) is 24.6 Å². The number of nitrogens with one attached hydrogen (secondary N) is 1. The molecule has 174 valence electrons. The van der Waals surface area contributed by atoms with Crippen molar-refractivity contribution in [3.63, 3.8) is 0 Å². The number of aliphatic hydroxyl groups excluding tert-OH is 1. The number of nitrogens with zero attached hydrogens (tertiary/aromatic N) is 8. The second-order valence-corrected chi connectivity index (χ2v) is 8.19. The number of imidazole rings is 1. The minimum absolute atomic E-state index is 0.0249. The van der Waals surface area contributed by atoms with E-state index in [1.807, 2.05) is 36.8 Å². The molecule has 11 heteroatoms. The number of hydrogen-bond donors (Lipinski definition) is 3. The van der Waals surface area contributed by atoms with Gasteiger partial charge in [-0.15, -0.1) is 0 Å². The first-order valence-electron chi connectivity index (χ1n) is 10.9. The van der Waals surface area contributed by atoms with E-state index in [-0.39, 0.29) is 18.4 Å². The van der Waals surface area contributed by atoms with Gasteiger partial charge in [-0.25, -0.2) is 19.9 Å². The summed E-state index contributed by atoms with van der Waals surface area (Å²) in [5, 5.41) is 27.4. The van der Waals surface area contributed by atoms with E-state index < -0.39 is 0 Å². The van der Waals surface area contributed by atoms with Crippen LogP contribution in [0.25, 0.3) is 28.3 Å². The first-order valence-corrected chi connectivity index (χ1v) is 10.9. The molecule has 0 amide bonds. The van der Waals surface area contributed by atoms with Gasteiger partial charge in [0.25, 0.3) is 0 Å². The van der Waals surface area contributed by atoms with Crippen LogP contribution in [-0.2, 0) is 14.1 Å². The fourth-order valence-corrected chi connectivity index (χ4v) is 3.86. The number of fused-ring (bicyclic) bond motifs is 1. The third-order valence-electron chi connectivity index (χ3n) is 5.70. The molecule has 5 heterocycles. The van der Waals surface area contributed by atoms with Crippen molar-refractivity contribution in [3.05, 3.63) is 55.0 Å². The van der Waals surface area contributed by atoms with Crippen molar-refractivity contribution in [1.82, 2.24) is 38.7 Å². The standard InChI is InChI=1S/C23H25N9O2/c1-14(7-11-33)22-28-20(16-6-10-31(3)29-16)17-12-25-19(13-32(17)22)26-18-4-8-24-21(27-18)15-5-9-30(2)23(15)34/h4-6,8-10,12-14,33-34H,7,11H2,1-3H3,(H,24,26,27)/t14-/m0/s1. The number of anilines is 2. The molecule has 0 aromatic carbocycles. The van der Waals surface area contributed by atoms with E-state index in [0.717, 1.165) is 22.7 Å². The molecule has 11 nitrogen and oxygen atoms in total. The summed E-state index contributed by atoms with van der Waals surface area (Å²) in [6.45, 7) is 2.10. The van der Waals surface area contributed by atoms with Crippen LogP contribution in [0.4, 0.5) is 11.6 Å². The van der Waals surface area contributed by atoms with Gasteiger partial charge >= 0.3 is 0 Å². The molecule has 0 aliphatic rings. The van der Waals surface area contributed by atoms with Gasteiger partial charge in [-0.1, -0.05) is 6.92 Å². The van der Waals surface area contributed by atoms with E-state index in [2.05, 4.69) is 25.4 Å². The van der Waals surface area contributed by atoms with E-state index in [9.17, 15) is 10.2 Å². The third-order valence-corrected chi connectivity index (χ3v) is 5.70. The fraction of sp³-hybridized carbons (Fsp3) is 0.261. The lowest BCUT2D eigenvalue weighted by Crippen LogP contribution is -2.05. The molecule has 0 aliphatic heterocycles. The molecule has 0 spiro atoms. The number of aromatic hydroxyl groups is 1. The lowest BCUT2D eigenvalue weighted by molar-refractivity contribution is 0.276. The van der Waals surface area contributed by atoms with E-state index in [4.69, 9.17) is 4.98 Å². The quantitative estimate of drug-likeness (QED) is 0.339. The molecule has 5 rings (SSSR count). The van der Waals surface area contributed by atoms with Crippen LogP contribution in [0.15, 0.2) is 49.2 Å². The monoisotopic (exact) mass is 459 g/mol. The number of aromatic nitrogens is 8. The van der Waals surface area contributed by atoms with Crippen molar-refractivity contribution in [1.29, 1.82) is 0 Å². The molecule has 0 unspecified atom stereocenters. The number of rotatable bonds is 7. The molecule has 3 N–H and O–H groups in total. The molecule has 5 aromatic rings. The Hall–Kier alpha value is -4.25. The van der Waals surface area contributed by atoms with Gasteiger partial charge in [0.05, 0.1) is 23.5 Å². The summed E-state index contributed by atoms with van der Waals surface area (Å²) in [7, 11) is 3.61. The maximum atomic E-state index is 10.2. The van der Waals surface area contributed by atoms with Crippen LogP contribution < -0.4 is 5.32 Å². The molecule has 0 radical (unpaired) electrons. The zero-order valence-corrected chi connectivity index (χ0v) is 19.1. The molecule has 1 atom stereocenters. The van der Waals surface area contributed by atoms with Crippen molar-refractivity contribution in [2.45, 2.75) is 19.3 Å². The number of hydrogen-bond acceptors (Lipinski definition) is 8. The van der Waals surface area contributed by atoms with Crippen LogP contribution in [0.5, 0.6) is 5.88 Å².